The second-order valence-corrected chi connectivity index (χ2v) is 4.65. The van der Waals surface area contributed by atoms with Crippen LogP contribution in [0.15, 0.2) is 12.7 Å². The van der Waals surface area contributed by atoms with Gasteiger partial charge in [-0.15, -0.1) is 6.58 Å². The lowest BCUT2D eigenvalue weighted by Crippen LogP contribution is -2.43. The molecule has 1 spiro atoms. The maximum atomic E-state index is 11.9. The second-order valence-electron chi connectivity index (χ2n) is 4.65. The van der Waals surface area contributed by atoms with Crippen molar-refractivity contribution >= 4 is 5.78 Å². The van der Waals surface area contributed by atoms with Gasteiger partial charge in [-0.3, -0.25) is 4.79 Å². The molecule has 0 aromatic rings. The molecule has 0 saturated heterocycles. The summed E-state index contributed by atoms with van der Waals surface area (Å²) in [7, 11) is 0. The first-order chi connectivity index (χ1) is 6.70. The summed E-state index contributed by atoms with van der Waals surface area (Å²) in [5, 5.41) is 9.89. The summed E-state index contributed by atoms with van der Waals surface area (Å²) in [4.78, 5) is 11.9. The van der Waals surface area contributed by atoms with Crippen LogP contribution in [0.2, 0.25) is 0 Å². The highest BCUT2D eigenvalue weighted by Gasteiger charge is 2.50. The Morgan fingerprint density at radius 1 is 1.43 bits per heavy atom. The van der Waals surface area contributed by atoms with E-state index < -0.39 is 0 Å². The minimum absolute atomic E-state index is 0.00579. The van der Waals surface area contributed by atoms with E-state index in [9.17, 15) is 9.90 Å². The van der Waals surface area contributed by atoms with Crippen molar-refractivity contribution in [2.24, 2.45) is 11.3 Å². The van der Waals surface area contributed by atoms with Gasteiger partial charge in [0, 0.05) is 17.8 Å². The van der Waals surface area contributed by atoms with Gasteiger partial charge in [-0.2, -0.15) is 0 Å². The zero-order valence-electron chi connectivity index (χ0n) is 8.54. The molecule has 0 aromatic carbocycles. The number of carbonyl (C=O) groups is 1. The Labute approximate surface area is 85.0 Å². The van der Waals surface area contributed by atoms with Crippen molar-refractivity contribution in [3.63, 3.8) is 0 Å². The van der Waals surface area contributed by atoms with E-state index in [1.807, 2.05) is 0 Å². The first kappa shape index (κ1) is 9.91. The van der Waals surface area contributed by atoms with Crippen molar-refractivity contribution in [3.05, 3.63) is 12.7 Å². The van der Waals surface area contributed by atoms with E-state index >= 15 is 0 Å². The Bertz CT molecular complexity index is 259. The van der Waals surface area contributed by atoms with E-state index in [0.717, 1.165) is 32.1 Å². The molecule has 0 bridgehead atoms. The van der Waals surface area contributed by atoms with Gasteiger partial charge in [0.05, 0.1) is 6.10 Å². The molecule has 0 heterocycles. The van der Waals surface area contributed by atoms with E-state index in [2.05, 4.69) is 6.58 Å². The van der Waals surface area contributed by atoms with Gasteiger partial charge in [0.25, 0.3) is 0 Å². The van der Waals surface area contributed by atoms with Crippen molar-refractivity contribution in [3.8, 4) is 0 Å². The smallest absolute Gasteiger partial charge is 0.139 e. The predicted octanol–water partition coefficient (Wildman–Crippen LogP) is 2.07. The molecule has 3 unspecified atom stereocenters. The first-order valence-electron chi connectivity index (χ1n) is 5.54. The van der Waals surface area contributed by atoms with Gasteiger partial charge in [0.15, 0.2) is 0 Å². The van der Waals surface area contributed by atoms with Gasteiger partial charge in [-0.05, 0) is 32.1 Å². The number of aliphatic hydroxyl groups excluding tert-OH is 1. The van der Waals surface area contributed by atoms with Crippen molar-refractivity contribution in [2.75, 3.05) is 0 Å². The highest BCUT2D eigenvalue weighted by molar-refractivity contribution is 5.87. The fourth-order valence-electron chi connectivity index (χ4n) is 3.29. The zero-order valence-corrected chi connectivity index (χ0v) is 8.54. The first-order valence-corrected chi connectivity index (χ1v) is 5.54. The molecular formula is C12H18O2. The standard InChI is InChI=1S/C12H18O2/c1-2-9-10(13)5-3-7-12(9)8-4-6-11(12)14/h2,9-10,13H,1,3-8H2. The molecule has 2 saturated carbocycles. The fraction of sp³-hybridized carbons (Fsp3) is 0.750. The topological polar surface area (TPSA) is 37.3 Å². The molecule has 2 fully saturated rings. The predicted molar refractivity (Wildman–Crippen MR) is 54.8 cm³/mol. The maximum Gasteiger partial charge on any atom is 0.139 e. The minimum atomic E-state index is -0.344. The van der Waals surface area contributed by atoms with E-state index in [4.69, 9.17) is 0 Å². The Kier molecular flexibility index (Phi) is 2.48. The van der Waals surface area contributed by atoms with Gasteiger partial charge in [-0.25, -0.2) is 0 Å². The van der Waals surface area contributed by atoms with Crippen LogP contribution < -0.4 is 0 Å². The summed E-state index contributed by atoms with van der Waals surface area (Å²) in [6.45, 7) is 3.78. The summed E-state index contributed by atoms with van der Waals surface area (Å²) >= 11 is 0. The van der Waals surface area contributed by atoms with Crippen LogP contribution in [0.3, 0.4) is 0 Å². The van der Waals surface area contributed by atoms with E-state index in [-0.39, 0.29) is 17.4 Å². The Balaban J connectivity index is 2.30. The SMILES string of the molecule is C=CC1C(O)CCCC12CCCC2=O. The number of Topliss-reactive ketones (excluding diaryl/α,β-unsaturated/α-hetero) is 1. The zero-order chi connectivity index (χ0) is 10.2. The normalized spacial score (nSPS) is 43.1. The summed E-state index contributed by atoms with van der Waals surface area (Å²) in [5.74, 6) is 0.368. The fourth-order valence-corrected chi connectivity index (χ4v) is 3.29. The molecule has 14 heavy (non-hydrogen) atoms. The van der Waals surface area contributed by atoms with Crippen molar-refractivity contribution < 1.29 is 9.90 Å². The lowest BCUT2D eigenvalue weighted by molar-refractivity contribution is -0.133. The molecule has 2 rings (SSSR count). The molecule has 1 N–H and O–H groups in total. The van der Waals surface area contributed by atoms with Crippen LogP contribution >= 0.6 is 0 Å². The molecule has 78 valence electrons. The van der Waals surface area contributed by atoms with Gasteiger partial charge in [0.1, 0.15) is 5.78 Å². The molecule has 0 radical (unpaired) electrons. The molecule has 2 heteroatoms. The van der Waals surface area contributed by atoms with Crippen LogP contribution in [0.25, 0.3) is 0 Å². The summed E-state index contributed by atoms with van der Waals surface area (Å²) in [6.07, 6.45) is 6.88. The number of ketones is 1. The van der Waals surface area contributed by atoms with Gasteiger partial charge >= 0.3 is 0 Å². The summed E-state index contributed by atoms with van der Waals surface area (Å²) in [5.41, 5.74) is -0.237. The molecule has 2 aliphatic rings. The van der Waals surface area contributed by atoms with Crippen molar-refractivity contribution in [2.45, 2.75) is 44.6 Å². The number of hydrogen-bond acceptors (Lipinski definition) is 2. The number of rotatable bonds is 1. The van der Waals surface area contributed by atoms with Gasteiger partial charge in [-0.1, -0.05) is 6.08 Å². The molecular weight excluding hydrogens is 176 g/mol. The third-order valence-corrected chi connectivity index (χ3v) is 4.01. The van der Waals surface area contributed by atoms with E-state index in [1.165, 1.54) is 0 Å². The Hall–Kier alpha value is -0.630. The summed E-state index contributed by atoms with van der Waals surface area (Å²) in [6, 6.07) is 0. The van der Waals surface area contributed by atoms with Crippen LogP contribution in [0.1, 0.15) is 38.5 Å². The van der Waals surface area contributed by atoms with Crippen LogP contribution in [0.4, 0.5) is 0 Å². The van der Waals surface area contributed by atoms with Gasteiger partial charge in [0.2, 0.25) is 0 Å². The van der Waals surface area contributed by atoms with Crippen LogP contribution in [-0.2, 0) is 4.79 Å². The Morgan fingerprint density at radius 2 is 2.14 bits per heavy atom. The minimum Gasteiger partial charge on any atom is -0.392 e. The highest BCUT2D eigenvalue weighted by Crippen LogP contribution is 2.50. The lowest BCUT2D eigenvalue weighted by atomic mass is 9.63. The summed E-state index contributed by atoms with van der Waals surface area (Å²) < 4.78 is 0. The molecule has 0 aromatic heterocycles. The van der Waals surface area contributed by atoms with Crippen LogP contribution in [0.5, 0.6) is 0 Å². The number of hydrogen-bond donors (Lipinski definition) is 1. The average Bonchev–Trinajstić information content (AvgIpc) is 2.49. The van der Waals surface area contributed by atoms with E-state index in [1.54, 1.807) is 6.08 Å². The number of carbonyl (C=O) groups excluding carboxylic acids is 1. The molecule has 2 aliphatic carbocycles. The third-order valence-electron chi connectivity index (χ3n) is 4.01. The molecule has 2 nitrogen and oxygen atoms in total. The van der Waals surface area contributed by atoms with Crippen molar-refractivity contribution in [1.82, 2.24) is 0 Å². The molecule has 0 aliphatic heterocycles. The Morgan fingerprint density at radius 3 is 2.71 bits per heavy atom. The number of aliphatic hydroxyl groups is 1. The van der Waals surface area contributed by atoms with Crippen LogP contribution in [0, 0.1) is 11.3 Å². The molecule has 0 amide bonds. The monoisotopic (exact) mass is 194 g/mol. The van der Waals surface area contributed by atoms with Crippen molar-refractivity contribution in [1.29, 1.82) is 0 Å². The second kappa shape index (κ2) is 3.50. The maximum absolute atomic E-state index is 11.9. The molecule has 3 atom stereocenters. The quantitative estimate of drug-likeness (QED) is 0.649. The largest absolute Gasteiger partial charge is 0.392 e. The lowest BCUT2D eigenvalue weighted by Gasteiger charge is -2.41. The highest BCUT2D eigenvalue weighted by atomic mass is 16.3. The van der Waals surface area contributed by atoms with Gasteiger partial charge < -0.3 is 5.11 Å². The van der Waals surface area contributed by atoms with E-state index in [0.29, 0.717) is 12.2 Å². The third kappa shape index (κ3) is 1.24. The average molecular weight is 194 g/mol. The van der Waals surface area contributed by atoms with Crippen LogP contribution in [-0.4, -0.2) is 17.0 Å².